The lowest BCUT2D eigenvalue weighted by atomic mass is 10.1. The number of carbonyl (C=O) groups is 2. The molecule has 0 saturated heterocycles. The molecular formula is C23H26N2O6S3. The number of rotatable bonds is 10. The second-order valence-corrected chi connectivity index (χ2v) is 11.6. The molecule has 0 atom stereocenters. The molecule has 0 unspecified atom stereocenters. The highest BCUT2D eigenvalue weighted by Crippen LogP contribution is 2.35. The van der Waals surface area contributed by atoms with Crippen molar-refractivity contribution in [3.8, 4) is 5.75 Å². The molecule has 0 spiro atoms. The summed E-state index contributed by atoms with van der Waals surface area (Å²) in [5, 5.41) is 4.69. The fourth-order valence-corrected chi connectivity index (χ4v) is 6.70. The summed E-state index contributed by atoms with van der Waals surface area (Å²) in [6.45, 7) is 5.33. The zero-order chi connectivity index (χ0) is 24.9. The van der Waals surface area contributed by atoms with Crippen molar-refractivity contribution in [2.24, 2.45) is 0 Å². The van der Waals surface area contributed by atoms with Crippen LogP contribution in [0.3, 0.4) is 0 Å². The van der Waals surface area contributed by atoms with E-state index in [0.29, 0.717) is 10.8 Å². The fraction of sp³-hybridized carbons (Fsp3) is 0.304. The van der Waals surface area contributed by atoms with Gasteiger partial charge in [0, 0.05) is 4.88 Å². The number of carbonyl (C=O) groups excluding carboxylic acids is 2. The SMILES string of the molecule is CCOC(=O)c1cc(C(C)C)sc1NC(=O)CN(c1ccccc1OC)S(=O)(=O)c1cccs1. The van der Waals surface area contributed by atoms with Crippen LogP contribution < -0.4 is 14.4 Å². The Balaban J connectivity index is 1.97. The number of methoxy groups -OCH3 is 1. The Kier molecular flexibility index (Phi) is 8.34. The van der Waals surface area contributed by atoms with Crippen LogP contribution in [0.5, 0.6) is 5.75 Å². The van der Waals surface area contributed by atoms with Gasteiger partial charge in [0.2, 0.25) is 5.91 Å². The largest absolute Gasteiger partial charge is 0.495 e. The smallest absolute Gasteiger partial charge is 0.341 e. The van der Waals surface area contributed by atoms with Gasteiger partial charge in [0.25, 0.3) is 10.0 Å². The second kappa shape index (κ2) is 11.0. The Morgan fingerprint density at radius 1 is 1.15 bits per heavy atom. The number of sulfonamides is 1. The minimum Gasteiger partial charge on any atom is -0.495 e. The number of nitrogens with zero attached hydrogens (tertiary/aromatic N) is 1. The molecule has 182 valence electrons. The average molecular weight is 523 g/mol. The molecule has 1 aromatic carbocycles. The van der Waals surface area contributed by atoms with Crippen molar-refractivity contribution in [3.63, 3.8) is 0 Å². The van der Waals surface area contributed by atoms with Crippen LogP contribution in [0.2, 0.25) is 0 Å². The van der Waals surface area contributed by atoms with Crippen molar-refractivity contribution in [2.45, 2.75) is 30.9 Å². The molecule has 34 heavy (non-hydrogen) atoms. The Morgan fingerprint density at radius 3 is 2.50 bits per heavy atom. The van der Waals surface area contributed by atoms with Crippen molar-refractivity contribution in [2.75, 3.05) is 29.9 Å². The molecule has 0 aliphatic heterocycles. The summed E-state index contributed by atoms with van der Waals surface area (Å²) in [6, 6.07) is 11.4. The second-order valence-electron chi connectivity index (χ2n) is 7.43. The summed E-state index contributed by atoms with van der Waals surface area (Å²) in [5.41, 5.74) is 0.474. The third-order valence-corrected chi connectivity index (χ3v) is 9.23. The summed E-state index contributed by atoms with van der Waals surface area (Å²) in [7, 11) is -2.62. The van der Waals surface area contributed by atoms with Gasteiger partial charge in [0.1, 0.15) is 21.5 Å². The minimum absolute atomic E-state index is 0.0941. The van der Waals surface area contributed by atoms with E-state index >= 15 is 0 Å². The Morgan fingerprint density at radius 2 is 1.88 bits per heavy atom. The molecule has 0 fully saturated rings. The number of hydrogen-bond donors (Lipinski definition) is 1. The highest BCUT2D eigenvalue weighted by atomic mass is 32.2. The number of thiophene rings is 2. The Bertz CT molecular complexity index is 1250. The number of amides is 1. The van der Waals surface area contributed by atoms with Crippen LogP contribution in [-0.2, 0) is 19.6 Å². The van der Waals surface area contributed by atoms with E-state index in [4.69, 9.17) is 9.47 Å². The van der Waals surface area contributed by atoms with Gasteiger partial charge in [-0.2, -0.15) is 0 Å². The lowest BCUT2D eigenvalue weighted by Crippen LogP contribution is -2.38. The van der Waals surface area contributed by atoms with E-state index < -0.39 is 28.4 Å². The van der Waals surface area contributed by atoms with Crippen LogP contribution in [0.1, 0.15) is 41.9 Å². The van der Waals surface area contributed by atoms with Crippen molar-refractivity contribution >= 4 is 55.3 Å². The van der Waals surface area contributed by atoms with Gasteiger partial charge in [-0.25, -0.2) is 13.2 Å². The van der Waals surface area contributed by atoms with Gasteiger partial charge in [-0.3, -0.25) is 9.10 Å². The number of benzene rings is 1. The number of ether oxygens (including phenoxy) is 2. The van der Waals surface area contributed by atoms with E-state index in [1.807, 2.05) is 13.8 Å². The molecule has 3 rings (SSSR count). The molecular weight excluding hydrogens is 496 g/mol. The van der Waals surface area contributed by atoms with Gasteiger partial charge < -0.3 is 14.8 Å². The first kappa shape index (κ1) is 25.7. The first-order valence-corrected chi connectivity index (χ1v) is 13.6. The maximum atomic E-state index is 13.4. The first-order valence-electron chi connectivity index (χ1n) is 10.5. The summed E-state index contributed by atoms with van der Waals surface area (Å²) in [6.07, 6.45) is 0. The lowest BCUT2D eigenvalue weighted by Gasteiger charge is -2.24. The molecule has 0 bridgehead atoms. The minimum atomic E-state index is -4.05. The molecule has 0 aliphatic rings. The third-order valence-electron chi connectivity index (χ3n) is 4.75. The number of para-hydroxylation sites is 2. The van der Waals surface area contributed by atoms with E-state index in [-0.39, 0.29) is 28.0 Å². The van der Waals surface area contributed by atoms with Crippen LogP contribution >= 0.6 is 22.7 Å². The average Bonchev–Trinajstić information content (AvgIpc) is 3.48. The fourth-order valence-electron chi connectivity index (χ4n) is 3.10. The van der Waals surface area contributed by atoms with Gasteiger partial charge in [-0.15, -0.1) is 22.7 Å². The predicted octanol–water partition coefficient (Wildman–Crippen LogP) is 4.95. The third kappa shape index (κ3) is 5.60. The van der Waals surface area contributed by atoms with Gasteiger partial charge in [0.05, 0.1) is 25.0 Å². The summed E-state index contributed by atoms with van der Waals surface area (Å²) < 4.78 is 38.4. The predicted molar refractivity (Wildman–Crippen MR) is 135 cm³/mol. The van der Waals surface area contributed by atoms with Crippen LogP contribution in [0.15, 0.2) is 52.1 Å². The molecule has 0 saturated carbocycles. The van der Waals surface area contributed by atoms with Crippen molar-refractivity contribution < 1.29 is 27.5 Å². The molecule has 0 radical (unpaired) electrons. The van der Waals surface area contributed by atoms with E-state index in [2.05, 4.69) is 5.32 Å². The topological polar surface area (TPSA) is 102 Å². The van der Waals surface area contributed by atoms with E-state index in [1.54, 1.807) is 48.7 Å². The maximum Gasteiger partial charge on any atom is 0.341 e. The monoisotopic (exact) mass is 522 g/mol. The summed E-state index contributed by atoms with van der Waals surface area (Å²) in [5.74, 6) is -0.712. The summed E-state index contributed by atoms with van der Waals surface area (Å²) >= 11 is 2.32. The molecule has 8 nitrogen and oxygen atoms in total. The molecule has 1 amide bonds. The molecule has 1 N–H and O–H groups in total. The van der Waals surface area contributed by atoms with E-state index in [9.17, 15) is 18.0 Å². The van der Waals surface area contributed by atoms with Gasteiger partial charge in [0.15, 0.2) is 0 Å². The standard InChI is InChI=1S/C23H26N2O6S3/c1-5-31-23(27)16-13-19(15(2)3)33-22(16)24-20(26)14-25(17-9-6-7-10-18(17)30-4)34(28,29)21-11-8-12-32-21/h6-13,15H,5,14H2,1-4H3,(H,24,26). The highest BCUT2D eigenvalue weighted by Gasteiger charge is 2.31. The normalized spacial score (nSPS) is 11.3. The number of esters is 1. The first-order chi connectivity index (χ1) is 16.2. The van der Waals surface area contributed by atoms with Crippen LogP contribution in [0.4, 0.5) is 10.7 Å². The zero-order valence-corrected chi connectivity index (χ0v) is 21.7. The summed E-state index contributed by atoms with van der Waals surface area (Å²) in [4.78, 5) is 26.5. The maximum absolute atomic E-state index is 13.4. The van der Waals surface area contributed by atoms with Crippen molar-refractivity contribution in [1.29, 1.82) is 0 Å². The highest BCUT2D eigenvalue weighted by molar-refractivity contribution is 7.94. The zero-order valence-electron chi connectivity index (χ0n) is 19.2. The van der Waals surface area contributed by atoms with Crippen LogP contribution in [-0.4, -0.2) is 40.6 Å². The Hall–Kier alpha value is -2.89. The Labute approximate surface area is 207 Å². The van der Waals surface area contributed by atoms with Gasteiger partial charge in [-0.1, -0.05) is 32.0 Å². The van der Waals surface area contributed by atoms with Crippen molar-refractivity contribution in [3.05, 3.63) is 58.3 Å². The molecule has 3 aromatic rings. The van der Waals surface area contributed by atoms with E-state index in [0.717, 1.165) is 20.5 Å². The van der Waals surface area contributed by atoms with Crippen LogP contribution in [0.25, 0.3) is 0 Å². The lowest BCUT2D eigenvalue weighted by molar-refractivity contribution is -0.114. The number of hydrogen-bond acceptors (Lipinski definition) is 8. The molecule has 2 heterocycles. The quantitative estimate of drug-likeness (QED) is 0.378. The van der Waals surface area contributed by atoms with Crippen LogP contribution in [0, 0.1) is 0 Å². The molecule has 2 aromatic heterocycles. The van der Waals surface area contributed by atoms with Crippen molar-refractivity contribution in [1.82, 2.24) is 0 Å². The van der Waals surface area contributed by atoms with Gasteiger partial charge in [-0.05, 0) is 42.5 Å². The molecule has 11 heteroatoms. The van der Waals surface area contributed by atoms with Gasteiger partial charge >= 0.3 is 5.97 Å². The molecule has 0 aliphatic carbocycles. The van der Waals surface area contributed by atoms with E-state index in [1.165, 1.54) is 24.5 Å². The number of anilines is 2. The number of nitrogens with one attached hydrogen (secondary N) is 1.